The molecule has 1 aromatic heterocycles. The lowest BCUT2D eigenvalue weighted by atomic mass is 10.0. The lowest BCUT2D eigenvalue weighted by Gasteiger charge is -2.31. The van der Waals surface area contributed by atoms with Crippen LogP contribution in [0.1, 0.15) is 30.9 Å². The Morgan fingerprint density at radius 2 is 2.12 bits per heavy atom. The molecule has 132 valence electrons. The molecule has 3 rings (SSSR count). The predicted molar refractivity (Wildman–Crippen MR) is 98.5 cm³/mol. The normalized spacial score (nSPS) is 17.4. The van der Waals surface area contributed by atoms with Gasteiger partial charge >= 0.3 is 5.69 Å². The molecule has 1 atom stereocenters. The quantitative estimate of drug-likeness (QED) is 0.669. The number of aromatic nitrogens is 2. The standard InChI is InChI=1S/C18H23N5O2/c1-12-6-7-14(3)15(9-12)21-17-16(23(24)25)18(20-11-19-17)22-8-4-5-13(2)10-22/h6-7,9,11,13H,4-5,8,10H2,1-3H3,(H,19,20,21). The van der Waals surface area contributed by atoms with Gasteiger partial charge in [0, 0.05) is 18.8 Å². The molecule has 1 N–H and O–H groups in total. The zero-order valence-corrected chi connectivity index (χ0v) is 14.8. The number of hydrogen-bond donors (Lipinski definition) is 1. The first-order valence-electron chi connectivity index (χ1n) is 8.54. The van der Waals surface area contributed by atoms with E-state index in [0.29, 0.717) is 11.7 Å². The SMILES string of the molecule is Cc1ccc(C)c(Nc2ncnc(N3CCCC(C)C3)c2[N+](=O)[O-])c1. The summed E-state index contributed by atoms with van der Waals surface area (Å²) in [6.45, 7) is 7.67. The van der Waals surface area contributed by atoms with Crippen molar-refractivity contribution in [2.75, 3.05) is 23.3 Å². The maximum atomic E-state index is 11.8. The third kappa shape index (κ3) is 3.70. The highest BCUT2D eigenvalue weighted by molar-refractivity contribution is 5.75. The van der Waals surface area contributed by atoms with Crippen LogP contribution in [0.5, 0.6) is 0 Å². The summed E-state index contributed by atoms with van der Waals surface area (Å²) in [6, 6.07) is 5.96. The van der Waals surface area contributed by atoms with Crippen LogP contribution < -0.4 is 10.2 Å². The smallest absolute Gasteiger partial charge is 0.350 e. The van der Waals surface area contributed by atoms with E-state index in [1.54, 1.807) is 0 Å². The molecule has 2 heterocycles. The lowest BCUT2D eigenvalue weighted by Crippen LogP contribution is -2.35. The van der Waals surface area contributed by atoms with Crippen molar-refractivity contribution < 1.29 is 4.92 Å². The van der Waals surface area contributed by atoms with Crippen LogP contribution in [-0.2, 0) is 0 Å². The number of benzene rings is 1. The van der Waals surface area contributed by atoms with Crippen LogP contribution in [0.15, 0.2) is 24.5 Å². The molecule has 0 radical (unpaired) electrons. The molecule has 1 aromatic carbocycles. The van der Waals surface area contributed by atoms with Gasteiger partial charge in [0.1, 0.15) is 6.33 Å². The molecule has 0 bridgehead atoms. The van der Waals surface area contributed by atoms with Gasteiger partial charge in [0.05, 0.1) is 4.92 Å². The van der Waals surface area contributed by atoms with Crippen molar-refractivity contribution in [2.45, 2.75) is 33.6 Å². The van der Waals surface area contributed by atoms with E-state index >= 15 is 0 Å². The summed E-state index contributed by atoms with van der Waals surface area (Å²) in [4.78, 5) is 21.8. The molecule has 7 nitrogen and oxygen atoms in total. The molecule has 1 aliphatic heterocycles. The Balaban J connectivity index is 2.00. The van der Waals surface area contributed by atoms with Gasteiger partial charge in [-0.2, -0.15) is 0 Å². The van der Waals surface area contributed by atoms with Crippen LogP contribution in [0.3, 0.4) is 0 Å². The summed E-state index contributed by atoms with van der Waals surface area (Å²) >= 11 is 0. The molecule has 1 aliphatic rings. The minimum Gasteiger partial charge on any atom is -0.350 e. The van der Waals surface area contributed by atoms with Gasteiger partial charge in [0.25, 0.3) is 0 Å². The number of anilines is 3. The van der Waals surface area contributed by atoms with Crippen molar-refractivity contribution in [1.29, 1.82) is 0 Å². The van der Waals surface area contributed by atoms with E-state index in [0.717, 1.165) is 42.7 Å². The molecule has 7 heteroatoms. The third-order valence-electron chi connectivity index (χ3n) is 4.59. The summed E-state index contributed by atoms with van der Waals surface area (Å²) in [5, 5.41) is 14.9. The second-order valence-corrected chi connectivity index (χ2v) is 6.79. The summed E-state index contributed by atoms with van der Waals surface area (Å²) in [6.07, 6.45) is 3.56. The number of nitrogens with one attached hydrogen (secondary N) is 1. The number of nitrogens with zero attached hydrogens (tertiary/aromatic N) is 4. The van der Waals surface area contributed by atoms with E-state index in [2.05, 4.69) is 22.2 Å². The number of aryl methyl sites for hydroxylation is 2. The van der Waals surface area contributed by atoms with Crippen molar-refractivity contribution in [2.24, 2.45) is 5.92 Å². The minimum absolute atomic E-state index is 0.0579. The summed E-state index contributed by atoms with van der Waals surface area (Å²) < 4.78 is 0. The highest BCUT2D eigenvalue weighted by atomic mass is 16.6. The molecular formula is C18H23N5O2. The molecule has 0 amide bonds. The Hall–Kier alpha value is -2.70. The second kappa shape index (κ2) is 7.04. The van der Waals surface area contributed by atoms with Crippen LogP contribution in [0.2, 0.25) is 0 Å². The molecule has 0 spiro atoms. The van der Waals surface area contributed by atoms with Gasteiger partial charge < -0.3 is 10.2 Å². The van der Waals surface area contributed by atoms with Crippen LogP contribution in [-0.4, -0.2) is 28.0 Å². The average molecular weight is 341 g/mol. The van der Waals surface area contributed by atoms with Gasteiger partial charge in [-0.1, -0.05) is 19.1 Å². The van der Waals surface area contributed by atoms with Crippen LogP contribution in [0.4, 0.5) is 23.0 Å². The Labute approximate surface area is 147 Å². The van der Waals surface area contributed by atoms with E-state index < -0.39 is 0 Å². The first-order chi connectivity index (χ1) is 12.0. The zero-order chi connectivity index (χ0) is 18.0. The molecule has 1 unspecified atom stereocenters. The van der Waals surface area contributed by atoms with E-state index in [4.69, 9.17) is 0 Å². The Bertz CT molecular complexity index is 793. The van der Waals surface area contributed by atoms with E-state index in [-0.39, 0.29) is 16.4 Å². The first-order valence-corrected chi connectivity index (χ1v) is 8.54. The van der Waals surface area contributed by atoms with Crippen molar-refractivity contribution in [3.63, 3.8) is 0 Å². The van der Waals surface area contributed by atoms with E-state index in [9.17, 15) is 10.1 Å². The number of rotatable bonds is 4. The number of hydrogen-bond acceptors (Lipinski definition) is 6. The molecule has 2 aromatic rings. The van der Waals surface area contributed by atoms with Gasteiger partial charge in [0.2, 0.25) is 11.6 Å². The average Bonchev–Trinajstić information content (AvgIpc) is 2.58. The largest absolute Gasteiger partial charge is 0.353 e. The fourth-order valence-electron chi connectivity index (χ4n) is 3.24. The topological polar surface area (TPSA) is 84.2 Å². The van der Waals surface area contributed by atoms with Crippen LogP contribution in [0, 0.1) is 29.9 Å². The van der Waals surface area contributed by atoms with Crippen molar-refractivity contribution in [3.05, 3.63) is 45.8 Å². The second-order valence-electron chi connectivity index (χ2n) is 6.79. The fraction of sp³-hybridized carbons (Fsp3) is 0.444. The first kappa shape index (κ1) is 17.1. The van der Waals surface area contributed by atoms with Crippen molar-refractivity contribution >= 4 is 23.0 Å². The van der Waals surface area contributed by atoms with Crippen LogP contribution >= 0.6 is 0 Å². The van der Waals surface area contributed by atoms with Crippen LogP contribution in [0.25, 0.3) is 0 Å². The number of nitro groups is 1. The minimum atomic E-state index is -0.387. The highest BCUT2D eigenvalue weighted by Crippen LogP contribution is 2.36. The van der Waals surface area contributed by atoms with Gasteiger partial charge in [-0.05, 0) is 49.8 Å². The molecule has 25 heavy (non-hydrogen) atoms. The van der Waals surface area contributed by atoms with E-state index in [1.165, 1.54) is 6.33 Å². The molecule has 0 aliphatic carbocycles. The zero-order valence-electron chi connectivity index (χ0n) is 14.8. The fourth-order valence-corrected chi connectivity index (χ4v) is 3.24. The Morgan fingerprint density at radius 1 is 1.32 bits per heavy atom. The monoisotopic (exact) mass is 341 g/mol. The maximum Gasteiger partial charge on any atom is 0.353 e. The van der Waals surface area contributed by atoms with Gasteiger partial charge in [0.15, 0.2) is 0 Å². The lowest BCUT2D eigenvalue weighted by molar-refractivity contribution is -0.383. The van der Waals surface area contributed by atoms with Crippen molar-refractivity contribution in [3.8, 4) is 0 Å². The Morgan fingerprint density at radius 3 is 2.84 bits per heavy atom. The third-order valence-corrected chi connectivity index (χ3v) is 4.59. The molecule has 0 saturated carbocycles. The molecule has 1 saturated heterocycles. The Kier molecular flexibility index (Phi) is 4.83. The van der Waals surface area contributed by atoms with Crippen molar-refractivity contribution in [1.82, 2.24) is 9.97 Å². The highest BCUT2D eigenvalue weighted by Gasteiger charge is 2.29. The summed E-state index contributed by atoms with van der Waals surface area (Å²) in [7, 11) is 0. The summed E-state index contributed by atoms with van der Waals surface area (Å²) in [5.74, 6) is 1.14. The molecule has 1 fully saturated rings. The predicted octanol–water partition coefficient (Wildman–Crippen LogP) is 3.98. The van der Waals surface area contributed by atoms with Gasteiger partial charge in [-0.15, -0.1) is 0 Å². The number of piperidine rings is 1. The summed E-state index contributed by atoms with van der Waals surface area (Å²) in [5.41, 5.74) is 2.85. The van der Waals surface area contributed by atoms with E-state index in [1.807, 2.05) is 36.9 Å². The maximum absolute atomic E-state index is 11.8. The van der Waals surface area contributed by atoms with Gasteiger partial charge in [-0.3, -0.25) is 10.1 Å². The van der Waals surface area contributed by atoms with Gasteiger partial charge in [-0.25, -0.2) is 9.97 Å². The molecular weight excluding hydrogens is 318 g/mol.